The van der Waals surface area contributed by atoms with Gasteiger partial charge in [-0.05, 0) is 30.5 Å². The molecular formula is C12H15N3S. The summed E-state index contributed by atoms with van der Waals surface area (Å²) < 4.78 is 2.02. The van der Waals surface area contributed by atoms with E-state index < -0.39 is 0 Å². The standard InChI is InChI=1S/C12H15N3S/c1-15-9-13-7-11(15)8-14-10-3-5-12(16-2)6-4-10/h3-7,9,14H,8H2,1-2H3. The van der Waals surface area contributed by atoms with Gasteiger partial charge in [-0.1, -0.05) is 0 Å². The molecule has 0 radical (unpaired) electrons. The zero-order valence-electron chi connectivity index (χ0n) is 9.47. The van der Waals surface area contributed by atoms with Crippen LogP contribution in [-0.2, 0) is 13.6 Å². The van der Waals surface area contributed by atoms with Crippen molar-refractivity contribution in [2.45, 2.75) is 11.4 Å². The van der Waals surface area contributed by atoms with Crippen LogP contribution in [0.4, 0.5) is 5.69 Å². The molecule has 84 valence electrons. The molecule has 1 N–H and O–H groups in total. The van der Waals surface area contributed by atoms with E-state index in [1.54, 1.807) is 11.8 Å². The lowest BCUT2D eigenvalue weighted by Crippen LogP contribution is -2.03. The number of rotatable bonds is 4. The van der Waals surface area contributed by atoms with Crippen LogP contribution in [0.25, 0.3) is 0 Å². The van der Waals surface area contributed by atoms with Crippen molar-refractivity contribution in [2.75, 3.05) is 11.6 Å². The summed E-state index contributed by atoms with van der Waals surface area (Å²) in [4.78, 5) is 5.36. The van der Waals surface area contributed by atoms with Gasteiger partial charge in [-0.3, -0.25) is 0 Å². The molecular weight excluding hydrogens is 218 g/mol. The molecule has 0 atom stereocenters. The van der Waals surface area contributed by atoms with Crippen LogP contribution in [-0.4, -0.2) is 15.8 Å². The highest BCUT2D eigenvalue weighted by Gasteiger charge is 1.98. The number of benzene rings is 1. The lowest BCUT2D eigenvalue weighted by atomic mass is 10.3. The van der Waals surface area contributed by atoms with Crippen LogP contribution in [0, 0.1) is 0 Å². The van der Waals surface area contributed by atoms with E-state index in [2.05, 4.69) is 40.8 Å². The lowest BCUT2D eigenvalue weighted by molar-refractivity contribution is 0.837. The molecule has 1 heterocycles. The van der Waals surface area contributed by atoms with E-state index in [1.807, 2.05) is 24.1 Å². The largest absolute Gasteiger partial charge is 0.379 e. The van der Waals surface area contributed by atoms with E-state index in [-0.39, 0.29) is 0 Å². The fraction of sp³-hybridized carbons (Fsp3) is 0.250. The Hall–Kier alpha value is -1.42. The maximum Gasteiger partial charge on any atom is 0.0946 e. The predicted molar refractivity (Wildman–Crippen MR) is 68.8 cm³/mol. The molecule has 0 spiro atoms. The van der Waals surface area contributed by atoms with Crippen molar-refractivity contribution in [3.05, 3.63) is 42.5 Å². The fourth-order valence-electron chi connectivity index (χ4n) is 1.46. The fourth-order valence-corrected chi connectivity index (χ4v) is 1.86. The van der Waals surface area contributed by atoms with Gasteiger partial charge in [0.2, 0.25) is 0 Å². The zero-order chi connectivity index (χ0) is 11.4. The molecule has 0 amide bonds. The number of hydrogen-bond acceptors (Lipinski definition) is 3. The van der Waals surface area contributed by atoms with Gasteiger partial charge in [0, 0.05) is 23.8 Å². The van der Waals surface area contributed by atoms with Crippen molar-refractivity contribution >= 4 is 17.4 Å². The minimum Gasteiger partial charge on any atom is -0.379 e. The molecule has 0 bridgehead atoms. The monoisotopic (exact) mass is 233 g/mol. The highest BCUT2D eigenvalue weighted by molar-refractivity contribution is 7.98. The molecule has 3 nitrogen and oxygen atoms in total. The van der Waals surface area contributed by atoms with Gasteiger partial charge in [-0.15, -0.1) is 11.8 Å². The summed E-state index contributed by atoms with van der Waals surface area (Å²) in [7, 11) is 2.00. The Morgan fingerprint density at radius 3 is 2.62 bits per heavy atom. The van der Waals surface area contributed by atoms with Crippen LogP contribution in [0.15, 0.2) is 41.7 Å². The molecule has 0 saturated heterocycles. The Labute approximate surface area is 99.9 Å². The number of imidazole rings is 1. The van der Waals surface area contributed by atoms with Crippen LogP contribution in [0.1, 0.15) is 5.69 Å². The maximum absolute atomic E-state index is 4.08. The van der Waals surface area contributed by atoms with E-state index in [0.717, 1.165) is 12.2 Å². The second kappa shape index (κ2) is 5.07. The molecule has 2 aromatic rings. The highest BCUT2D eigenvalue weighted by atomic mass is 32.2. The predicted octanol–water partition coefficient (Wildman–Crippen LogP) is 2.75. The number of aromatic nitrogens is 2. The summed E-state index contributed by atoms with van der Waals surface area (Å²) in [5.41, 5.74) is 2.31. The SMILES string of the molecule is CSc1ccc(NCc2cncn2C)cc1. The normalized spacial score (nSPS) is 10.4. The second-order valence-electron chi connectivity index (χ2n) is 3.58. The number of nitrogens with one attached hydrogen (secondary N) is 1. The van der Waals surface area contributed by atoms with Gasteiger partial charge in [0.15, 0.2) is 0 Å². The van der Waals surface area contributed by atoms with E-state index in [0.29, 0.717) is 0 Å². The minimum atomic E-state index is 0.801. The van der Waals surface area contributed by atoms with Gasteiger partial charge < -0.3 is 9.88 Å². The van der Waals surface area contributed by atoms with Gasteiger partial charge in [0.05, 0.1) is 18.6 Å². The van der Waals surface area contributed by atoms with Crippen LogP contribution < -0.4 is 5.32 Å². The third-order valence-electron chi connectivity index (χ3n) is 2.48. The van der Waals surface area contributed by atoms with Crippen LogP contribution in [0.3, 0.4) is 0 Å². The third kappa shape index (κ3) is 2.58. The first-order valence-electron chi connectivity index (χ1n) is 5.12. The van der Waals surface area contributed by atoms with Gasteiger partial charge in [-0.25, -0.2) is 4.98 Å². The third-order valence-corrected chi connectivity index (χ3v) is 3.22. The minimum absolute atomic E-state index is 0.801. The first-order chi connectivity index (χ1) is 7.79. The van der Waals surface area contributed by atoms with Gasteiger partial charge in [-0.2, -0.15) is 0 Å². The summed E-state index contributed by atoms with van der Waals surface area (Å²) >= 11 is 1.75. The summed E-state index contributed by atoms with van der Waals surface area (Å²) in [6, 6.07) is 8.44. The summed E-state index contributed by atoms with van der Waals surface area (Å²) in [6.07, 6.45) is 5.77. The molecule has 0 aliphatic carbocycles. The van der Waals surface area contributed by atoms with Crippen molar-refractivity contribution in [2.24, 2.45) is 7.05 Å². The van der Waals surface area contributed by atoms with Crippen LogP contribution in [0.5, 0.6) is 0 Å². The van der Waals surface area contributed by atoms with Crippen LogP contribution >= 0.6 is 11.8 Å². The molecule has 1 aromatic carbocycles. The Morgan fingerprint density at radius 2 is 2.06 bits per heavy atom. The van der Waals surface area contributed by atoms with Crippen molar-refractivity contribution in [3.63, 3.8) is 0 Å². The molecule has 4 heteroatoms. The van der Waals surface area contributed by atoms with E-state index in [4.69, 9.17) is 0 Å². The summed E-state index contributed by atoms with van der Waals surface area (Å²) in [5, 5.41) is 3.37. The quantitative estimate of drug-likeness (QED) is 0.824. The Balaban J connectivity index is 1.97. The van der Waals surface area contributed by atoms with Crippen molar-refractivity contribution in [1.82, 2.24) is 9.55 Å². The number of hydrogen-bond donors (Lipinski definition) is 1. The molecule has 1 aromatic heterocycles. The van der Waals surface area contributed by atoms with E-state index in [9.17, 15) is 0 Å². The average Bonchev–Trinajstić information content (AvgIpc) is 2.73. The Kier molecular flexibility index (Phi) is 3.51. The number of nitrogens with zero attached hydrogens (tertiary/aromatic N) is 2. The molecule has 0 saturated carbocycles. The van der Waals surface area contributed by atoms with Gasteiger partial charge in [0.1, 0.15) is 0 Å². The molecule has 0 unspecified atom stereocenters. The molecule has 0 fully saturated rings. The highest BCUT2D eigenvalue weighted by Crippen LogP contribution is 2.17. The maximum atomic E-state index is 4.08. The van der Waals surface area contributed by atoms with Crippen molar-refractivity contribution < 1.29 is 0 Å². The van der Waals surface area contributed by atoms with Crippen molar-refractivity contribution in [3.8, 4) is 0 Å². The molecule has 2 rings (SSSR count). The first kappa shape index (κ1) is 11.1. The first-order valence-corrected chi connectivity index (χ1v) is 6.35. The average molecular weight is 233 g/mol. The van der Waals surface area contributed by atoms with Crippen molar-refractivity contribution in [1.29, 1.82) is 0 Å². The van der Waals surface area contributed by atoms with Gasteiger partial charge >= 0.3 is 0 Å². The summed E-state index contributed by atoms with van der Waals surface area (Å²) in [6.45, 7) is 0.801. The summed E-state index contributed by atoms with van der Waals surface area (Å²) in [5.74, 6) is 0. The van der Waals surface area contributed by atoms with E-state index in [1.165, 1.54) is 10.6 Å². The van der Waals surface area contributed by atoms with Gasteiger partial charge in [0.25, 0.3) is 0 Å². The topological polar surface area (TPSA) is 29.9 Å². The Bertz CT molecular complexity index is 448. The number of anilines is 1. The van der Waals surface area contributed by atoms with E-state index >= 15 is 0 Å². The smallest absolute Gasteiger partial charge is 0.0946 e. The lowest BCUT2D eigenvalue weighted by Gasteiger charge is -2.07. The van der Waals surface area contributed by atoms with Crippen LogP contribution in [0.2, 0.25) is 0 Å². The number of aryl methyl sites for hydroxylation is 1. The number of thioether (sulfide) groups is 1. The second-order valence-corrected chi connectivity index (χ2v) is 4.46. The zero-order valence-corrected chi connectivity index (χ0v) is 10.3. The Morgan fingerprint density at radius 1 is 1.31 bits per heavy atom. The molecule has 0 aliphatic rings. The molecule has 0 aliphatic heterocycles. The molecule has 16 heavy (non-hydrogen) atoms.